The molecule has 0 fully saturated rings. The number of nitrogens with one attached hydrogen (secondary N) is 2. The number of ketones is 1. The molecule has 0 amide bonds. The Labute approximate surface area is 185 Å². The second-order valence-corrected chi connectivity index (χ2v) is 8.15. The Morgan fingerprint density at radius 3 is 2.55 bits per heavy atom. The fraction of sp³-hybridized carbons (Fsp3) is 0.250. The topological polar surface area (TPSA) is 76.2 Å². The minimum absolute atomic E-state index is 0.169. The molecule has 3 aromatic rings. The van der Waals surface area contributed by atoms with E-state index in [1.807, 2.05) is 42.5 Å². The zero-order valence-corrected chi connectivity index (χ0v) is 18.0. The van der Waals surface area contributed by atoms with Crippen LogP contribution in [0.5, 0.6) is 11.5 Å². The standard InChI is InChI=1S/C24H22ClN3O3/c1-30-18-11-8-14(12-19(18)31-2)20-21-16(4-3-5-17(21)29)26-24-22(20)23(27-28-24)13-6-9-15(25)10-7-13/h6-12,20H,3-5H2,1-2H3,(H2,26,27,28). The number of Topliss-reactive ketones (excluding diaryl/α,β-unsaturated/α-hetero) is 1. The van der Waals surface area contributed by atoms with E-state index in [4.69, 9.17) is 21.1 Å². The molecule has 1 aromatic heterocycles. The second kappa shape index (κ2) is 7.78. The minimum atomic E-state index is -0.261. The molecule has 1 atom stereocenters. The van der Waals surface area contributed by atoms with Gasteiger partial charge in [0, 0.05) is 39.8 Å². The Morgan fingerprint density at radius 1 is 1.03 bits per heavy atom. The monoisotopic (exact) mass is 435 g/mol. The molecular weight excluding hydrogens is 414 g/mol. The summed E-state index contributed by atoms with van der Waals surface area (Å²) in [5.74, 6) is 2.00. The minimum Gasteiger partial charge on any atom is -0.493 e. The highest BCUT2D eigenvalue weighted by molar-refractivity contribution is 6.30. The smallest absolute Gasteiger partial charge is 0.161 e. The van der Waals surface area contributed by atoms with Crippen molar-refractivity contribution in [1.29, 1.82) is 0 Å². The van der Waals surface area contributed by atoms with Crippen molar-refractivity contribution in [3.05, 3.63) is 69.9 Å². The maximum Gasteiger partial charge on any atom is 0.161 e. The Balaban J connectivity index is 1.73. The van der Waals surface area contributed by atoms with Crippen molar-refractivity contribution in [2.45, 2.75) is 25.2 Å². The van der Waals surface area contributed by atoms with Crippen LogP contribution in [0, 0.1) is 0 Å². The van der Waals surface area contributed by atoms with Crippen LogP contribution in [0.3, 0.4) is 0 Å². The maximum absolute atomic E-state index is 13.1. The van der Waals surface area contributed by atoms with Crippen LogP contribution in [0.15, 0.2) is 53.7 Å². The summed E-state index contributed by atoms with van der Waals surface area (Å²) in [5, 5.41) is 11.9. The van der Waals surface area contributed by atoms with Crippen LogP contribution in [-0.4, -0.2) is 30.2 Å². The highest BCUT2D eigenvalue weighted by Crippen LogP contribution is 2.49. The number of aromatic nitrogens is 2. The van der Waals surface area contributed by atoms with E-state index in [1.54, 1.807) is 14.2 Å². The van der Waals surface area contributed by atoms with E-state index in [0.717, 1.165) is 52.3 Å². The number of anilines is 1. The quantitative estimate of drug-likeness (QED) is 0.580. The van der Waals surface area contributed by atoms with Gasteiger partial charge < -0.3 is 14.8 Å². The number of carbonyl (C=O) groups excluding carboxylic acids is 1. The molecular formula is C24H22ClN3O3. The van der Waals surface area contributed by atoms with Crippen LogP contribution in [-0.2, 0) is 4.79 Å². The van der Waals surface area contributed by atoms with Gasteiger partial charge in [0.05, 0.1) is 19.9 Å². The van der Waals surface area contributed by atoms with Crippen molar-refractivity contribution in [1.82, 2.24) is 10.2 Å². The summed E-state index contributed by atoms with van der Waals surface area (Å²) in [5.41, 5.74) is 5.41. The highest BCUT2D eigenvalue weighted by Gasteiger charge is 2.38. The fourth-order valence-electron chi connectivity index (χ4n) is 4.54. The van der Waals surface area contributed by atoms with Crippen LogP contribution >= 0.6 is 11.6 Å². The Hall–Kier alpha value is -3.25. The van der Waals surface area contributed by atoms with Crippen LogP contribution in [0.2, 0.25) is 5.02 Å². The van der Waals surface area contributed by atoms with Gasteiger partial charge in [-0.1, -0.05) is 29.8 Å². The average Bonchev–Trinajstić information content (AvgIpc) is 3.21. The second-order valence-electron chi connectivity index (χ2n) is 7.71. The summed E-state index contributed by atoms with van der Waals surface area (Å²) in [6.07, 6.45) is 2.23. The number of ether oxygens (including phenoxy) is 2. The van der Waals surface area contributed by atoms with Crippen molar-refractivity contribution in [2.75, 3.05) is 19.5 Å². The van der Waals surface area contributed by atoms with Gasteiger partial charge in [0.1, 0.15) is 5.82 Å². The Bertz CT molecular complexity index is 1200. The van der Waals surface area contributed by atoms with Crippen molar-refractivity contribution >= 4 is 23.2 Å². The fourth-order valence-corrected chi connectivity index (χ4v) is 4.67. The third kappa shape index (κ3) is 3.27. The lowest BCUT2D eigenvalue weighted by molar-refractivity contribution is -0.116. The summed E-state index contributed by atoms with van der Waals surface area (Å²) < 4.78 is 11.0. The molecule has 2 N–H and O–H groups in total. The van der Waals surface area contributed by atoms with Gasteiger partial charge in [0.25, 0.3) is 0 Å². The number of carbonyl (C=O) groups is 1. The number of allylic oxidation sites excluding steroid dienone is 2. The molecule has 7 heteroatoms. The molecule has 1 aliphatic heterocycles. The molecule has 2 aliphatic rings. The lowest BCUT2D eigenvalue weighted by Gasteiger charge is -2.32. The van der Waals surface area contributed by atoms with Gasteiger partial charge in [0.15, 0.2) is 17.3 Å². The number of fused-ring (bicyclic) bond motifs is 1. The van der Waals surface area contributed by atoms with Crippen molar-refractivity contribution in [2.24, 2.45) is 0 Å². The SMILES string of the molecule is COc1ccc(C2C3=C(CCCC3=O)Nc3[nH]nc(-c4ccc(Cl)cc4)c32)cc1OC. The first kappa shape index (κ1) is 19.7. The number of aromatic amines is 1. The van der Waals surface area contributed by atoms with Gasteiger partial charge in [0.2, 0.25) is 0 Å². The molecule has 5 rings (SSSR count). The molecule has 0 saturated heterocycles. The third-order valence-corrected chi connectivity index (χ3v) is 6.22. The summed E-state index contributed by atoms with van der Waals surface area (Å²) in [7, 11) is 3.23. The van der Waals surface area contributed by atoms with Crippen molar-refractivity contribution in [3.8, 4) is 22.8 Å². The number of methoxy groups -OCH3 is 2. The van der Waals surface area contributed by atoms with Gasteiger partial charge >= 0.3 is 0 Å². The van der Waals surface area contributed by atoms with E-state index < -0.39 is 0 Å². The zero-order chi connectivity index (χ0) is 21.5. The van der Waals surface area contributed by atoms with E-state index in [-0.39, 0.29) is 11.7 Å². The van der Waals surface area contributed by atoms with E-state index in [0.29, 0.717) is 22.9 Å². The number of H-pyrrole nitrogens is 1. The summed E-state index contributed by atoms with van der Waals surface area (Å²) in [6, 6.07) is 13.4. The third-order valence-electron chi connectivity index (χ3n) is 5.97. The number of benzene rings is 2. The number of rotatable bonds is 4. The number of halogens is 1. The number of nitrogens with zero attached hydrogens (tertiary/aromatic N) is 1. The lowest BCUT2D eigenvalue weighted by atomic mass is 9.75. The number of hydrogen-bond acceptors (Lipinski definition) is 5. The molecule has 0 saturated carbocycles. The zero-order valence-electron chi connectivity index (χ0n) is 17.3. The predicted octanol–water partition coefficient (Wildman–Crippen LogP) is 5.31. The highest BCUT2D eigenvalue weighted by atomic mass is 35.5. The molecule has 6 nitrogen and oxygen atoms in total. The maximum atomic E-state index is 13.1. The largest absolute Gasteiger partial charge is 0.493 e. The summed E-state index contributed by atoms with van der Waals surface area (Å²) in [6.45, 7) is 0. The first-order valence-electron chi connectivity index (χ1n) is 10.2. The molecule has 0 radical (unpaired) electrons. The van der Waals surface area contributed by atoms with Crippen molar-refractivity contribution in [3.63, 3.8) is 0 Å². The van der Waals surface area contributed by atoms with E-state index in [9.17, 15) is 4.79 Å². The van der Waals surface area contributed by atoms with Crippen LogP contribution < -0.4 is 14.8 Å². The van der Waals surface area contributed by atoms with Gasteiger partial charge in [-0.15, -0.1) is 0 Å². The van der Waals surface area contributed by atoms with Gasteiger partial charge in [-0.25, -0.2) is 0 Å². The normalized spacial score (nSPS) is 17.6. The van der Waals surface area contributed by atoms with Gasteiger partial charge in [-0.2, -0.15) is 5.10 Å². The first-order chi connectivity index (χ1) is 15.1. The van der Waals surface area contributed by atoms with Crippen LogP contribution in [0.25, 0.3) is 11.3 Å². The number of hydrogen-bond donors (Lipinski definition) is 2. The molecule has 2 aromatic carbocycles. The summed E-state index contributed by atoms with van der Waals surface area (Å²) in [4.78, 5) is 13.1. The molecule has 1 unspecified atom stereocenters. The predicted molar refractivity (Wildman–Crippen MR) is 120 cm³/mol. The van der Waals surface area contributed by atoms with Crippen LogP contribution in [0.1, 0.15) is 36.3 Å². The average molecular weight is 436 g/mol. The van der Waals surface area contributed by atoms with Gasteiger partial charge in [-0.05, 0) is 42.7 Å². The van der Waals surface area contributed by atoms with E-state index >= 15 is 0 Å². The first-order valence-corrected chi connectivity index (χ1v) is 10.6. The molecule has 0 spiro atoms. The van der Waals surface area contributed by atoms with Crippen molar-refractivity contribution < 1.29 is 14.3 Å². The summed E-state index contributed by atoms with van der Waals surface area (Å²) >= 11 is 6.09. The Kier molecular flexibility index (Phi) is 4.94. The lowest BCUT2D eigenvalue weighted by Crippen LogP contribution is -2.26. The molecule has 158 valence electrons. The molecule has 2 heterocycles. The molecule has 1 aliphatic carbocycles. The molecule has 0 bridgehead atoms. The Morgan fingerprint density at radius 2 is 1.81 bits per heavy atom. The van der Waals surface area contributed by atoms with E-state index in [2.05, 4.69) is 15.5 Å². The van der Waals surface area contributed by atoms with E-state index in [1.165, 1.54) is 0 Å². The molecule has 31 heavy (non-hydrogen) atoms. The van der Waals surface area contributed by atoms with Crippen LogP contribution in [0.4, 0.5) is 5.82 Å². The van der Waals surface area contributed by atoms with Gasteiger partial charge in [-0.3, -0.25) is 9.89 Å².